The second-order valence-corrected chi connectivity index (χ2v) is 5.66. The van der Waals surface area contributed by atoms with Crippen LogP contribution < -0.4 is 5.32 Å². The Balaban J connectivity index is 0.00000110. The van der Waals surface area contributed by atoms with Gasteiger partial charge in [0.2, 0.25) is 0 Å². The summed E-state index contributed by atoms with van der Waals surface area (Å²) >= 11 is 0. The van der Waals surface area contributed by atoms with E-state index in [2.05, 4.69) is 53.3 Å². The third-order valence-corrected chi connectivity index (χ3v) is 3.96. The molecule has 1 fully saturated rings. The fraction of sp³-hybridized carbons (Fsp3) is 0.471. The first kappa shape index (κ1) is 17.7. The summed E-state index contributed by atoms with van der Waals surface area (Å²) in [5.41, 5.74) is 1.22. The van der Waals surface area contributed by atoms with E-state index < -0.39 is 0 Å². The van der Waals surface area contributed by atoms with Gasteiger partial charge in [-0.3, -0.25) is 9.88 Å². The largest absolute Gasteiger partial charge is 0.381 e. The van der Waals surface area contributed by atoms with E-state index >= 15 is 0 Å². The summed E-state index contributed by atoms with van der Waals surface area (Å²) in [6.07, 6.45) is 4.99. The van der Waals surface area contributed by atoms with E-state index in [0.717, 1.165) is 6.54 Å². The van der Waals surface area contributed by atoms with Gasteiger partial charge >= 0.3 is 0 Å². The molecule has 1 aliphatic rings. The van der Waals surface area contributed by atoms with Crippen LogP contribution in [0.25, 0.3) is 10.8 Å². The number of rotatable bonds is 3. The van der Waals surface area contributed by atoms with Crippen molar-refractivity contribution >= 4 is 28.9 Å². The van der Waals surface area contributed by atoms with Gasteiger partial charge in [0.15, 0.2) is 0 Å². The summed E-state index contributed by atoms with van der Waals surface area (Å²) in [4.78, 5) is 6.68. The second kappa shape index (κ2) is 7.62. The van der Waals surface area contributed by atoms with Gasteiger partial charge in [0, 0.05) is 48.6 Å². The van der Waals surface area contributed by atoms with Crippen LogP contribution in [0.15, 0.2) is 36.7 Å². The van der Waals surface area contributed by atoms with Crippen LogP contribution in [-0.2, 0) is 0 Å². The molecule has 116 valence electrons. The van der Waals surface area contributed by atoms with Crippen LogP contribution in [0.3, 0.4) is 0 Å². The Labute approximate surface area is 134 Å². The van der Waals surface area contributed by atoms with Gasteiger partial charge in [0.05, 0.1) is 0 Å². The first-order chi connectivity index (χ1) is 9.22. The lowest BCUT2D eigenvalue weighted by Crippen LogP contribution is -2.31. The van der Waals surface area contributed by atoms with Crippen LogP contribution in [-0.4, -0.2) is 35.1 Å². The molecule has 3 rings (SSSR count). The summed E-state index contributed by atoms with van der Waals surface area (Å²) in [5, 5.41) is 6.10. The van der Waals surface area contributed by atoms with Crippen molar-refractivity contribution < 1.29 is 0 Å². The third-order valence-electron chi connectivity index (χ3n) is 3.96. The van der Waals surface area contributed by atoms with E-state index in [9.17, 15) is 0 Å². The van der Waals surface area contributed by atoms with Crippen LogP contribution in [0.5, 0.6) is 0 Å². The smallest absolute Gasteiger partial charge is 0.0400 e. The molecule has 0 radical (unpaired) electrons. The molecule has 1 saturated heterocycles. The molecule has 0 aliphatic carbocycles. The van der Waals surface area contributed by atoms with Crippen LogP contribution in [0.1, 0.15) is 27.7 Å². The lowest BCUT2D eigenvalue weighted by molar-refractivity contribution is 0.274. The van der Waals surface area contributed by atoms with E-state index in [1.165, 1.54) is 29.4 Å². The third kappa shape index (κ3) is 4.08. The van der Waals surface area contributed by atoms with E-state index in [1.807, 2.05) is 12.4 Å². The molecule has 2 heterocycles. The molecule has 1 aliphatic heterocycles. The van der Waals surface area contributed by atoms with Crippen molar-refractivity contribution in [2.24, 2.45) is 0 Å². The highest BCUT2D eigenvalue weighted by molar-refractivity contribution is 5.85. The van der Waals surface area contributed by atoms with Crippen molar-refractivity contribution in [1.82, 2.24) is 9.88 Å². The minimum Gasteiger partial charge on any atom is -0.381 e. The number of anilines is 1. The molecule has 3 nitrogen and oxygen atoms in total. The number of fused-ring (bicyclic) bond motifs is 1. The van der Waals surface area contributed by atoms with Crippen molar-refractivity contribution in [1.29, 1.82) is 0 Å². The monoisotopic (exact) mass is 307 g/mol. The van der Waals surface area contributed by atoms with Crippen LogP contribution in [0.4, 0.5) is 5.69 Å². The molecular formula is C17H26ClN3. The molecule has 0 bridgehead atoms. The predicted octanol–water partition coefficient (Wildman–Crippen LogP) is 4.19. The van der Waals surface area contributed by atoms with Crippen molar-refractivity contribution in [3.05, 3.63) is 36.7 Å². The highest BCUT2D eigenvalue weighted by atomic mass is 35.5. The normalized spacial score (nSPS) is 18.3. The van der Waals surface area contributed by atoms with Crippen LogP contribution in [0.2, 0.25) is 0 Å². The molecule has 0 saturated carbocycles. The van der Waals surface area contributed by atoms with Gasteiger partial charge in [-0.1, -0.05) is 13.5 Å². The molecule has 1 N–H and O–H groups in total. The summed E-state index contributed by atoms with van der Waals surface area (Å²) in [6, 6.07) is 9.79. The zero-order valence-electron chi connectivity index (χ0n) is 12.0. The number of halogens is 1. The number of hydrogen-bond donors (Lipinski definition) is 1. The zero-order valence-corrected chi connectivity index (χ0v) is 12.9. The maximum Gasteiger partial charge on any atom is 0.0400 e. The molecule has 0 amide bonds. The Morgan fingerprint density at radius 1 is 1.24 bits per heavy atom. The van der Waals surface area contributed by atoms with Crippen molar-refractivity contribution in [2.45, 2.75) is 39.8 Å². The number of nitrogens with zero attached hydrogens (tertiary/aromatic N) is 2. The number of likely N-dealkylation sites (tertiary alicyclic amines) is 1. The predicted molar refractivity (Wildman–Crippen MR) is 94.5 cm³/mol. The minimum absolute atomic E-state index is 0. The Bertz CT molecular complexity index is 571. The van der Waals surface area contributed by atoms with Gasteiger partial charge in [0.1, 0.15) is 0 Å². The average molecular weight is 308 g/mol. The lowest BCUT2D eigenvalue weighted by atomic mass is 10.1. The quantitative estimate of drug-likeness (QED) is 0.921. The Hall–Kier alpha value is -1.32. The average Bonchev–Trinajstić information content (AvgIpc) is 2.87. The maximum atomic E-state index is 4.15. The topological polar surface area (TPSA) is 28.2 Å². The van der Waals surface area contributed by atoms with Crippen LogP contribution in [0, 0.1) is 0 Å². The number of pyridine rings is 1. The highest BCUT2D eigenvalue weighted by Gasteiger charge is 2.23. The molecule has 21 heavy (non-hydrogen) atoms. The zero-order chi connectivity index (χ0) is 13.2. The first-order valence-electron chi connectivity index (χ1n) is 7.07. The maximum absolute atomic E-state index is 4.15. The summed E-state index contributed by atoms with van der Waals surface area (Å²) < 4.78 is 0. The van der Waals surface area contributed by atoms with E-state index in [0.29, 0.717) is 12.1 Å². The van der Waals surface area contributed by atoms with E-state index in [1.54, 1.807) is 0 Å². The molecular weight excluding hydrogens is 282 g/mol. The van der Waals surface area contributed by atoms with Crippen molar-refractivity contribution in [2.75, 3.05) is 18.4 Å². The molecule has 1 aromatic carbocycles. The minimum atomic E-state index is 0. The van der Waals surface area contributed by atoms with Gasteiger partial charge in [-0.25, -0.2) is 0 Å². The molecule has 1 aromatic heterocycles. The second-order valence-electron chi connectivity index (χ2n) is 5.66. The number of aromatic nitrogens is 1. The fourth-order valence-electron chi connectivity index (χ4n) is 2.78. The first-order valence-corrected chi connectivity index (χ1v) is 7.07. The van der Waals surface area contributed by atoms with Gasteiger partial charge < -0.3 is 5.32 Å². The highest BCUT2D eigenvalue weighted by Crippen LogP contribution is 2.21. The Morgan fingerprint density at radius 3 is 2.76 bits per heavy atom. The van der Waals surface area contributed by atoms with Gasteiger partial charge in [-0.2, -0.15) is 0 Å². The molecule has 2 aromatic rings. The molecule has 4 heteroatoms. The Kier molecular flexibility index (Phi) is 6.43. The van der Waals surface area contributed by atoms with Crippen molar-refractivity contribution in [3.8, 4) is 0 Å². The molecule has 0 spiro atoms. The van der Waals surface area contributed by atoms with Gasteiger partial charge in [0.25, 0.3) is 0 Å². The van der Waals surface area contributed by atoms with Gasteiger partial charge in [-0.05, 0) is 43.9 Å². The van der Waals surface area contributed by atoms with Gasteiger partial charge in [-0.15, -0.1) is 12.4 Å². The SMILES string of the molecule is C.CC(C)N1CC[C@@H](Nc2ccc3cnccc3c2)C1.Cl. The summed E-state index contributed by atoms with van der Waals surface area (Å²) in [6.45, 7) is 6.88. The fourth-order valence-corrected chi connectivity index (χ4v) is 2.78. The number of benzene rings is 1. The van der Waals surface area contributed by atoms with Crippen LogP contribution >= 0.6 is 12.4 Å². The Morgan fingerprint density at radius 2 is 2.05 bits per heavy atom. The van der Waals surface area contributed by atoms with Crippen molar-refractivity contribution in [3.63, 3.8) is 0 Å². The summed E-state index contributed by atoms with van der Waals surface area (Å²) in [5.74, 6) is 0. The number of hydrogen-bond acceptors (Lipinski definition) is 3. The molecule has 0 unspecified atom stereocenters. The standard InChI is InChI=1S/C16H21N3.CH4.ClH/c1-12(2)19-8-6-16(11-19)18-15-4-3-14-10-17-7-5-13(14)9-15;;/h3-5,7,9-10,12,16,18H,6,8,11H2,1-2H3;1H4;1H/t16-;;/m1../s1. The summed E-state index contributed by atoms with van der Waals surface area (Å²) in [7, 11) is 0. The molecule has 1 atom stereocenters. The van der Waals surface area contributed by atoms with E-state index in [4.69, 9.17) is 0 Å². The van der Waals surface area contributed by atoms with E-state index in [-0.39, 0.29) is 19.8 Å². The lowest BCUT2D eigenvalue weighted by Gasteiger charge is -2.21. The number of nitrogens with one attached hydrogen (secondary N) is 1.